The first-order valence-electron chi connectivity index (χ1n) is 9.41. The summed E-state index contributed by atoms with van der Waals surface area (Å²) in [4.78, 5) is 22.2. The van der Waals surface area contributed by atoms with Gasteiger partial charge in [-0.25, -0.2) is 0 Å². The van der Waals surface area contributed by atoms with Gasteiger partial charge in [-0.15, -0.1) is 0 Å². The molecule has 8 nitrogen and oxygen atoms in total. The zero-order valence-electron chi connectivity index (χ0n) is 15.5. The topological polar surface area (TPSA) is 98.9 Å². The van der Waals surface area contributed by atoms with E-state index in [9.17, 15) is 0 Å². The number of fused-ring (bicyclic) bond motifs is 4. The van der Waals surface area contributed by atoms with Crippen molar-refractivity contribution in [1.82, 2.24) is 19.6 Å². The molecule has 0 spiro atoms. The largest absolute Gasteiger partial charge is 0.483 e. The van der Waals surface area contributed by atoms with Crippen LogP contribution in [0.5, 0.6) is 0 Å². The van der Waals surface area contributed by atoms with Crippen molar-refractivity contribution in [3.8, 4) is 0 Å². The number of halogens is 1. The number of carbonyl (C=O) groups is 2. The summed E-state index contributed by atoms with van der Waals surface area (Å²) in [7, 11) is 0. The van der Waals surface area contributed by atoms with Gasteiger partial charge in [-0.3, -0.25) is 19.2 Å². The molecule has 2 N–H and O–H groups in total. The molecule has 2 bridgehead atoms. The Hall–Kier alpha value is -1.64. The van der Waals surface area contributed by atoms with E-state index in [0.717, 1.165) is 36.0 Å². The van der Waals surface area contributed by atoms with Gasteiger partial charge >= 0.3 is 0 Å². The van der Waals surface area contributed by atoms with E-state index in [1.54, 1.807) is 6.20 Å². The molecule has 152 valence electrons. The second kappa shape index (κ2) is 11.3. The molecule has 1 aromatic heterocycles. The van der Waals surface area contributed by atoms with Crippen LogP contribution in [-0.2, 0) is 16.1 Å². The molecular weight excluding hydrogens is 372 g/mol. The van der Waals surface area contributed by atoms with Crippen LogP contribution in [0.1, 0.15) is 25.7 Å². The molecule has 27 heavy (non-hydrogen) atoms. The molecule has 0 amide bonds. The van der Waals surface area contributed by atoms with Crippen LogP contribution >= 0.6 is 11.6 Å². The van der Waals surface area contributed by atoms with Gasteiger partial charge in [0.05, 0.1) is 17.8 Å². The molecule has 9 heteroatoms. The van der Waals surface area contributed by atoms with Crippen molar-refractivity contribution < 1.29 is 19.8 Å². The average Bonchev–Trinajstić information content (AvgIpc) is 3.07. The summed E-state index contributed by atoms with van der Waals surface area (Å²) in [6.45, 7) is 6.81. The van der Waals surface area contributed by atoms with Crippen LogP contribution in [0, 0.1) is 11.8 Å². The number of piperidine rings is 3. The fourth-order valence-corrected chi connectivity index (χ4v) is 4.91. The molecule has 4 heterocycles. The monoisotopic (exact) mass is 400 g/mol. The van der Waals surface area contributed by atoms with Crippen molar-refractivity contribution in [2.75, 3.05) is 32.7 Å². The van der Waals surface area contributed by atoms with E-state index in [-0.39, 0.29) is 12.9 Å². The average molecular weight is 401 g/mol. The van der Waals surface area contributed by atoms with Crippen LogP contribution in [0.3, 0.4) is 0 Å². The van der Waals surface area contributed by atoms with E-state index in [4.69, 9.17) is 31.4 Å². The Morgan fingerprint density at radius 2 is 1.89 bits per heavy atom. The van der Waals surface area contributed by atoms with Crippen molar-refractivity contribution in [2.45, 2.75) is 38.3 Å². The summed E-state index contributed by atoms with van der Waals surface area (Å²) < 4.78 is 1.97. The summed E-state index contributed by atoms with van der Waals surface area (Å²) in [5.74, 6) is 1.79. The highest BCUT2D eigenvalue weighted by Crippen LogP contribution is 2.37. The fourth-order valence-electron chi connectivity index (χ4n) is 4.76. The quantitative estimate of drug-likeness (QED) is 0.745. The zero-order valence-corrected chi connectivity index (χ0v) is 16.2. The number of aromatic nitrogens is 2. The maximum atomic E-state index is 8.36. The highest BCUT2D eigenvalue weighted by atomic mass is 35.5. The molecule has 1 aromatic rings. The molecule has 3 aliphatic rings. The molecule has 3 fully saturated rings. The van der Waals surface area contributed by atoms with Crippen LogP contribution in [-0.4, -0.2) is 81.5 Å². The lowest BCUT2D eigenvalue weighted by Crippen LogP contribution is -2.59. The van der Waals surface area contributed by atoms with Crippen LogP contribution < -0.4 is 0 Å². The molecule has 0 aromatic carbocycles. The summed E-state index contributed by atoms with van der Waals surface area (Å²) in [6, 6.07) is 0.872. The van der Waals surface area contributed by atoms with E-state index in [1.807, 2.05) is 10.9 Å². The van der Waals surface area contributed by atoms with Crippen molar-refractivity contribution in [2.24, 2.45) is 11.8 Å². The molecule has 3 aliphatic heterocycles. The van der Waals surface area contributed by atoms with Crippen molar-refractivity contribution >= 4 is 24.5 Å². The third-order valence-corrected chi connectivity index (χ3v) is 5.79. The molecule has 4 rings (SSSR count). The lowest BCUT2D eigenvalue weighted by molar-refractivity contribution is -0.123. The lowest BCUT2D eigenvalue weighted by atomic mass is 9.76. The highest BCUT2D eigenvalue weighted by molar-refractivity contribution is 6.30. The number of hydrogen-bond donors (Lipinski definition) is 2. The van der Waals surface area contributed by atoms with E-state index in [1.165, 1.54) is 51.9 Å². The van der Waals surface area contributed by atoms with E-state index in [0.29, 0.717) is 0 Å². The van der Waals surface area contributed by atoms with Gasteiger partial charge in [-0.1, -0.05) is 18.0 Å². The van der Waals surface area contributed by atoms with Crippen LogP contribution in [0.15, 0.2) is 12.4 Å². The molecular formula is C18H29ClN4O4. The maximum Gasteiger partial charge on any atom is 0.290 e. The summed E-state index contributed by atoms with van der Waals surface area (Å²) in [5.41, 5.74) is 0. The number of hydrogen-bond acceptors (Lipinski definition) is 5. The fraction of sp³-hybridized carbons (Fsp3) is 0.722. The molecule has 0 unspecified atom stereocenters. The first kappa shape index (κ1) is 21.7. The smallest absolute Gasteiger partial charge is 0.290 e. The van der Waals surface area contributed by atoms with Crippen LogP contribution in [0.2, 0.25) is 5.02 Å². The van der Waals surface area contributed by atoms with E-state index >= 15 is 0 Å². The Balaban J connectivity index is 0.000000389. The van der Waals surface area contributed by atoms with Gasteiger partial charge in [0.15, 0.2) is 0 Å². The second-order valence-electron chi connectivity index (χ2n) is 7.31. The summed E-state index contributed by atoms with van der Waals surface area (Å²) >= 11 is 5.93. The number of carboxylic acid groups (broad SMARTS) is 2. The Kier molecular flexibility index (Phi) is 9.03. The van der Waals surface area contributed by atoms with Crippen LogP contribution in [0.25, 0.3) is 0 Å². The number of nitrogens with zero attached hydrogens (tertiary/aromatic N) is 4. The third kappa shape index (κ3) is 6.48. The molecule has 0 aliphatic carbocycles. The van der Waals surface area contributed by atoms with Crippen molar-refractivity contribution in [1.29, 1.82) is 0 Å². The van der Waals surface area contributed by atoms with Gasteiger partial charge in [0.2, 0.25) is 0 Å². The van der Waals surface area contributed by atoms with Gasteiger partial charge in [0, 0.05) is 38.4 Å². The predicted octanol–water partition coefficient (Wildman–Crippen LogP) is 1.74. The number of likely N-dealkylation sites (tertiary alicyclic amines) is 1. The normalized spacial score (nSPS) is 27.2. The second-order valence-corrected chi connectivity index (χ2v) is 7.75. The first-order valence-corrected chi connectivity index (χ1v) is 9.79. The SMILES string of the molecule is Clc1cnn(CCN2C[C@@H]3C[C@H](C2)[C@@H]2CCCCN2C3)c1.O=CO.O=CO. The maximum absolute atomic E-state index is 8.36. The highest BCUT2D eigenvalue weighted by Gasteiger charge is 2.41. The third-order valence-electron chi connectivity index (χ3n) is 5.59. The molecule has 3 saturated heterocycles. The molecule has 0 saturated carbocycles. The standard InChI is InChI=1S/C16H25ClN4.2CH2O2/c17-15-8-18-21(12-15)6-5-19-9-13-7-14(11-19)16-3-1-2-4-20(16)10-13;2*2-1-3/h8,12-14,16H,1-7,9-11H2;2*1H,(H,2,3)/t13-,14+,16-;;/m0../s1. The Bertz CT molecular complexity index is 579. The lowest BCUT2D eigenvalue weighted by Gasteiger charge is -2.52. The van der Waals surface area contributed by atoms with Gasteiger partial charge in [-0.05, 0) is 37.6 Å². The summed E-state index contributed by atoms with van der Waals surface area (Å²) in [6.07, 6.45) is 9.40. The van der Waals surface area contributed by atoms with Gasteiger partial charge in [0.1, 0.15) is 0 Å². The Labute approximate surface area is 164 Å². The molecule has 3 atom stereocenters. The van der Waals surface area contributed by atoms with Crippen molar-refractivity contribution in [3.05, 3.63) is 17.4 Å². The van der Waals surface area contributed by atoms with Gasteiger partial charge < -0.3 is 15.1 Å². The van der Waals surface area contributed by atoms with Crippen LogP contribution in [0.4, 0.5) is 0 Å². The van der Waals surface area contributed by atoms with Gasteiger partial charge in [0.25, 0.3) is 12.9 Å². The minimum absolute atomic E-state index is 0.250. The first-order chi connectivity index (χ1) is 13.1. The zero-order chi connectivity index (χ0) is 19.6. The minimum atomic E-state index is -0.250. The molecule has 0 radical (unpaired) electrons. The minimum Gasteiger partial charge on any atom is -0.483 e. The Morgan fingerprint density at radius 1 is 1.15 bits per heavy atom. The van der Waals surface area contributed by atoms with Gasteiger partial charge in [-0.2, -0.15) is 5.10 Å². The van der Waals surface area contributed by atoms with E-state index < -0.39 is 0 Å². The predicted molar refractivity (Wildman–Crippen MR) is 102 cm³/mol. The Morgan fingerprint density at radius 3 is 2.56 bits per heavy atom. The number of rotatable bonds is 3. The van der Waals surface area contributed by atoms with Crippen molar-refractivity contribution in [3.63, 3.8) is 0 Å². The summed E-state index contributed by atoms with van der Waals surface area (Å²) in [5, 5.41) is 18.8. The van der Waals surface area contributed by atoms with E-state index in [2.05, 4.69) is 14.9 Å².